The molecule has 1 aromatic carbocycles. The molecule has 2 aromatic rings. The fourth-order valence-corrected chi connectivity index (χ4v) is 4.34. The molecule has 3 heterocycles. The van der Waals surface area contributed by atoms with Crippen LogP contribution in [0.3, 0.4) is 0 Å². The Balaban J connectivity index is 1.51. The van der Waals surface area contributed by atoms with Crippen molar-refractivity contribution in [3.05, 3.63) is 52.6 Å². The predicted molar refractivity (Wildman–Crippen MR) is 109 cm³/mol. The van der Waals surface area contributed by atoms with Gasteiger partial charge < -0.3 is 14.1 Å². The summed E-state index contributed by atoms with van der Waals surface area (Å²) < 4.78 is 50.2. The number of rotatable bonds is 2. The number of carbonyl (C=O) groups excluding carboxylic acids is 1. The molecule has 30 heavy (non-hydrogen) atoms. The first-order valence-corrected chi connectivity index (χ1v) is 10.2. The largest absolute Gasteiger partial charge is 0.457 e. The zero-order valence-corrected chi connectivity index (χ0v) is 17.1. The summed E-state index contributed by atoms with van der Waals surface area (Å²) in [4.78, 5) is 18.9. The standard InChI is InChI=1S/C21H19F3N2O3S/c1-12-10-26(11-13(2)28-12)20-25-19(27)18(30-20)9-16-6-7-17(29-16)14-4-3-5-15(8-14)21(22,23)24/h3-9,12-13H,10-11H2,1-2H3. The predicted octanol–water partition coefficient (Wildman–Crippen LogP) is 5.04. The van der Waals surface area contributed by atoms with Gasteiger partial charge in [-0.25, -0.2) is 0 Å². The van der Waals surface area contributed by atoms with Crippen molar-refractivity contribution in [1.29, 1.82) is 0 Å². The molecule has 2 unspecified atom stereocenters. The van der Waals surface area contributed by atoms with Gasteiger partial charge in [0.15, 0.2) is 5.17 Å². The number of amides is 1. The first kappa shape index (κ1) is 20.7. The zero-order valence-electron chi connectivity index (χ0n) is 16.3. The van der Waals surface area contributed by atoms with Crippen molar-refractivity contribution in [2.75, 3.05) is 13.1 Å². The number of aliphatic imine (C=N–C) groups is 1. The summed E-state index contributed by atoms with van der Waals surface area (Å²) in [6.07, 6.45) is -2.78. The number of thioether (sulfide) groups is 1. The van der Waals surface area contributed by atoms with E-state index in [9.17, 15) is 18.0 Å². The number of morpholine rings is 1. The number of carbonyl (C=O) groups is 1. The minimum Gasteiger partial charge on any atom is -0.457 e. The molecular formula is C21H19F3N2O3S. The Morgan fingerprint density at radius 3 is 2.60 bits per heavy atom. The molecule has 0 saturated carbocycles. The number of hydrogen-bond donors (Lipinski definition) is 0. The highest BCUT2D eigenvalue weighted by Gasteiger charge is 2.32. The number of ether oxygens (including phenoxy) is 1. The number of amidine groups is 1. The second-order valence-electron chi connectivity index (χ2n) is 7.25. The summed E-state index contributed by atoms with van der Waals surface area (Å²) in [5, 5.41) is 0.623. The van der Waals surface area contributed by atoms with Gasteiger partial charge >= 0.3 is 6.18 Å². The van der Waals surface area contributed by atoms with Crippen LogP contribution in [0.5, 0.6) is 0 Å². The molecule has 5 nitrogen and oxygen atoms in total. The smallest absolute Gasteiger partial charge is 0.416 e. The van der Waals surface area contributed by atoms with E-state index < -0.39 is 11.7 Å². The average molecular weight is 436 g/mol. The van der Waals surface area contributed by atoms with Crippen LogP contribution in [0.15, 0.2) is 50.7 Å². The van der Waals surface area contributed by atoms with Crippen LogP contribution in [0.2, 0.25) is 0 Å². The molecule has 158 valence electrons. The molecule has 1 saturated heterocycles. The van der Waals surface area contributed by atoms with Gasteiger partial charge in [-0.1, -0.05) is 12.1 Å². The normalized spacial score (nSPS) is 23.9. The second kappa shape index (κ2) is 7.96. The molecule has 2 aliphatic rings. The molecule has 1 fully saturated rings. The number of nitrogens with zero attached hydrogens (tertiary/aromatic N) is 2. The van der Waals surface area contributed by atoms with Gasteiger partial charge in [-0.05, 0) is 49.9 Å². The van der Waals surface area contributed by atoms with Crippen LogP contribution in [0.1, 0.15) is 25.2 Å². The van der Waals surface area contributed by atoms with Crippen molar-refractivity contribution in [3.8, 4) is 11.3 Å². The van der Waals surface area contributed by atoms with Crippen molar-refractivity contribution in [3.63, 3.8) is 0 Å². The first-order chi connectivity index (χ1) is 14.2. The minimum absolute atomic E-state index is 0.0419. The fraction of sp³-hybridized carbons (Fsp3) is 0.333. The lowest BCUT2D eigenvalue weighted by molar-refractivity contribution is -0.137. The molecule has 0 spiro atoms. The second-order valence-corrected chi connectivity index (χ2v) is 8.26. The number of furan rings is 1. The Morgan fingerprint density at radius 2 is 1.90 bits per heavy atom. The quantitative estimate of drug-likeness (QED) is 0.617. The number of hydrogen-bond acceptors (Lipinski definition) is 5. The molecular weight excluding hydrogens is 417 g/mol. The first-order valence-electron chi connectivity index (χ1n) is 9.39. The molecule has 2 aliphatic heterocycles. The van der Waals surface area contributed by atoms with Crippen LogP contribution >= 0.6 is 11.8 Å². The minimum atomic E-state index is -4.43. The van der Waals surface area contributed by atoms with E-state index in [1.807, 2.05) is 18.7 Å². The van der Waals surface area contributed by atoms with Gasteiger partial charge in [0, 0.05) is 24.7 Å². The lowest BCUT2D eigenvalue weighted by atomic mass is 10.1. The maximum absolute atomic E-state index is 12.9. The third kappa shape index (κ3) is 4.46. The van der Waals surface area contributed by atoms with Crippen LogP contribution in [0.25, 0.3) is 17.4 Å². The lowest BCUT2D eigenvalue weighted by Gasteiger charge is -2.35. The van der Waals surface area contributed by atoms with E-state index in [4.69, 9.17) is 9.15 Å². The van der Waals surface area contributed by atoms with E-state index in [0.717, 1.165) is 12.1 Å². The van der Waals surface area contributed by atoms with Gasteiger partial charge in [0.1, 0.15) is 11.5 Å². The van der Waals surface area contributed by atoms with Gasteiger partial charge in [0.05, 0.1) is 22.7 Å². The highest BCUT2D eigenvalue weighted by molar-refractivity contribution is 8.18. The summed E-state index contributed by atoms with van der Waals surface area (Å²) >= 11 is 1.26. The van der Waals surface area contributed by atoms with Crippen molar-refractivity contribution >= 4 is 28.9 Å². The molecule has 4 rings (SSSR count). The van der Waals surface area contributed by atoms with Crippen LogP contribution in [0.4, 0.5) is 13.2 Å². The Bertz CT molecular complexity index is 1020. The average Bonchev–Trinajstić information content (AvgIpc) is 3.28. The Kier molecular flexibility index (Phi) is 5.50. The van der Waals surface area contributed by atoms with E-state index in [1.165, 1.54) is 17.8 Å². The number of alkyl halides is 3. The molecule has 0 bridgehead atoms. The van der Waals surface area contributed by atoms with Gasteiger partial charge in [-0.15, -0.1) is 0 Å². The maximum atomic E-state index is 12.9. The summed E-state index contributed by atoms with van der Waals surface area (Å²) in [5.41, 5.74) is -0.432. The molecule has 0 radical (unpaired) electrons. The highest BCUT2D eigenvalue weighted by Crippen LogP contribution is 2.35. The SMILES string of the molecule is CC1CN(C2=NC(=O)C(=Cc3ccc(-c4cccc(C(F)(F)F)c4)o3)S2)CC(C)O1. The fourth-order valence-electron chi connectivity index (χ4n) is 3.43. The molecule has 1 aromatic heterocycles. The van der Waals surface area contributed by atoms with Gasteiger partial charge in [-0.3, -0.25) is 4.79 Å². The van der Waals surface area contributed by atoms with Crippen molar-refractivity contribution in [2.45, 2.75) is 32.2 Å². The van der Waals surface area contributed by atoms with Crippen molar-refractivity contribution in [2.24, 2.45) is 4.99 Å². The van der Waals surface area contributed by atoms with E-state index in [0.29, 0.717) is 40.2 Å². The third-order valence-electron chi connectivity index (χ3n) is 4.67. The van der Waals surface area contributed by atoms with E-state index in [2.05, 4.69) is 4.99 Å². The summed E-state index contributed by atoms with van der Waals surface area (Å²) in [6.45, 7) is 5.24. The van der Waals surface area contributed by atoms with Gasteiger partial charge in [-0.2, -0.15) is 18.2 Å². The molecule has 1 amide bonds. The molecule has 9 heteroatoms. The van der Waals surface area contributed by atoms with Crippen LogP contribution in [-0.4, -0.2) is 41.3 Å². The molecule has 0 N–H and O–H groups in total. The van der Waals surface area contributed by atoms with Gasteiger partial charge in [0.2, 0.25) is 0 Å². The Hall–Kier alpha value is -2.52. The monoisotopic (exact) mass is 436 g/mol. The number of halogens is 3. The zero-order chi connectivity index (χ0) is 21.5. The maximum Gasteiger partial charge on any atom is 0.416 e. The molecule has 0 aliphatic carbocycles. The van der Waals surface area contributed by atoms with E-state index >= 15 is 0 Å². The highest BCUT2D eigenvalue weighted by atomic mass is 32.2. The summed E-state index contributed by atoms with van der Waals surface area (Å²) in [7, 11) is 0. The van der Waals surface area contributed by atoms with E-state index in [-0.39, 0.29) is 18.1 Å². The van der Waals surface area contributed by atoms with E-state index in [1.54, 1.807) is 24.3 Å². The topological polar surface area (TPSA) is 55.0 Å². The van der Waals surface area contributed by atoms with Crippen LogP contribution in [-0.2, 0) is 15.7 Å². The Morgan fingerprint density at radius 1 is 1.17 bits per heavy atom. The van der Waals surface area contributed by atoms with Gasteiger partial charge in [0.25, 0.3) is 5.91 Å². The number of benzene rings is 1. The van der Waals surface area contributed by atoms with Crippen LogP contribution < -0.4 is 0 Å². The summed E-state index contributed by atoms with van der Waals surface area (Å²) in [6, 6.07) is 8.12. The summed E-state index contributed by atoms with van der Waals surface area (Å²) in [5.74, 6) is 0.303. The third-order valence-corrected chi connectivity index (χ3v) is 5.72. The van der Waals surface area contributed by atoms with Crippen molar-refractivity contribution < 1.29 is 27.1 Å². The lowest BCUT2D eigenvalue weighted by Crippen LogP contribution is -2.47. The van der Waals surface area contributed by atoms with Crippen molar-refractivity contribution in [1.82, 2.24) is 4.90 Å². The molecule has 2 atom stereocenters. The Labute approximate surface area is 175 Å². The van der Waals surface area contributed by atoms with Crippen LogP contribution in [0, 0.1) is 0 Å².